The Balaban J connectivity index is 1.73. The van der Waals surface area contributed by atoms with Crippen LogP contribution in [0.5, 0.6) is 0 Å². The van der Waals surface area contributed by atoms with Gasteiger partial charge in [0.25, 0.3) is 11.6 Å². The van der Waals surface area contributed by atoms with Gasteiger partial charge < -0.3 is 10.6 Å². The summed E-state index contributed by atoms with van der Waals surface area (Å²) < 4.78 is 0. The quantitative estimate of drug-likeness (QED) is 0.153. The number of nitriles is 1. The van der Waals surface area contributed by atoms with E-state index in [0.29, 0.717) is 21.8 Å². The van der Waals surface area contributed by atoms with Crippen molar-refractivity contribution < 1.29 is 14.5 Å². The van der Waals surface area contributed by atoms with Crippen LogP contribution in [-0.4, -0.2) is 22.5 Å². The van der Waals surface area contributed by atoms with E-state index in [-0.39, 0.29) is 22.9 Å². The van der Waals surface area contributed by atoms with Crippen molar-refractivity contribution >= 4 is 46.7 Å². The van der Waals surface area contributed by atoms with Gasteiger partial charge in [-0.2, -0.15) is 5.26 Å². The second-order valence-electron chi connectivity index (χ2n) is 7.18. The van der Waals surface area contributed by atoms with E-state index in [1.807, 2.05) is 25.1 Å². The molecule has 0 bridgehead atoms. The molecule has 0 saturated carbocycles. The number of nitro benzene ring substituents is 1. The van der Waals surface area contributed by atoms with E-state index < -0.39 is 10.8 Å². The summed E-state index contributed by atoms with van der Waals surface area (Å²) >= 11 is 1.03. The zero-order chi connectivity index (χ0) is 24.5. The molecule has 0 heterocycles. The maximum atomic E-state index is 12.5. The van der Waals surface area contributed by atoms with Gasteiger partial charge in [0.1, 0.15) is 11.6 Å². The van der Waals surface area contributed by atoms with Crippen molar-refractivity contribution in [2.24, 2.45) is 0 Å². The zero-order valence-corrected chi connectivity index (χ0v) is 19.0. The fourth-order valence-corrected chi connectivity index (χ4v) is 3.79. The van der Waals surface area contributed by atoms with Crippen LogP contribution in [0.25, 0.3) is 6.08 Å². The SMILES string of the molecule is Cc1cccc(NC(=O)/C(C#N)=C/c2ccc(SCC(=O)Nc3ccccc3)c([N+](=O)[O-])c2)c1. The lowest BCUT2D eigenvalue weighted by molar-refractivity contribution is -0.387. The van der Waals surface area contributed by atoms with Gasteiger partial charge in [-0.25, -0.2) is 0 Å². The lowest BCUT2D eigenvalue weighted by Gasteiger charge is -2.07. The van der Waals surface area contributed by atoms with E-state index in [1.54, 1.807) is 48.5 Å². The number of hydrogen-bond acceptors (Lipinski definition) is 6. The molecule has 0 spiro atoms. The van der Waals surface area contributed by atoms with Crippen LogP contribution < -0.4 is 10.6 Å². The van der Waals surface area contributed by atoms with Gasteiger partial charge in [0.15, 0.2) is 0 Å². The molecule has 0 atom stereocenters. The average Bonchev–Trinajstić information content (AvgIpc) is 2.82. The minimum Gasteiger partial charge on any atom is -0.325 e. The summed E-state index contributed by atoms with van der Waals surface area (Å²) in [4.78, 5) is 36.0. The van der Waals surface area contributed by atoms with Gasteiger partial charge in [0.05, 0.1) is 15.6 Å². The largest absolute Gasteiger partial charge is 0.325 e. The maximum absolute atomic E-state index is 12.5. The van der Waals surface area contributed by atoms with Crippen LogP contribution in [0.1, 0.15) is 11.1 Å². The zero-order valence-electron chi connectivity index (χ0n) is 18.1. The first kappa shape index (κ1) is 24.2. The number of rotatable bonds is 8. The molecule has 3 aromatic carbocycles. The number of hydrogen-bond donors (Lipinski definition) is 2. The van der Waals surface area contributed by atoms with Crippen LogP contribution in [0.4, 0.5) is 17.1 Å². The third kappa shape index (κ3) is 6.79. The normalized spacial score (nSPS) is 10.8. The lowest BCUT2D eigenvalue weighted by Crippen LogP contribution is -2.14. The van der Waals surface area contributed by atoms with E-state index in [1.165, 1.54) is 18.2 Å². The van der Waals surface area contributed by atoms with Crippen molar-refractivity contribution in [2.45, 2.75) is 11.8 Å². The number of benzene rings is 3. The topological polar surface area (TPSA) is 125 Å². The number of carbonyl (C=O) groups is 2. The summed E-state index contributed by atoms with van der Waals surface area (Å²) in [6, 6.07) is 22.2. The Kier molecular flexibility index (Phi) is 8.16. The molecular formula is C25H20N4O4S. The third-order valence-corrected chi connectivity index (χ3v) is 5.61. The highest BCUT2D eigenvalue weighted by molar-refractivity contribution is 8.00. The molecule has 2 N–H and O–H groups in total. The van der Waals surface area contributed by atoms with E-state index >= 15 is 0 Å². The van der Waals surface area contributed by atoms with Gasteiger partial charge in [0.2, 0.25) is 5.91 Å². The highest BCUT2D eigenvalue weighted by Gasteiger charge is 2.17. The van der Waals surface area contributed by atoms with Crippen molar-refractivity contribution in [3.8, 4) is 6.07 Å². The Morgan fingerprint density at radius 3 is 2.44 bits per heavy atom. The van der Waals surface area contributed by atoms with Gasteiger partial charge in [-0.1, -0.05) is 36.4 Å². The van der Waals surface area contributed by atoms with Crippen LogP contribution in [0.15, 0.2) is 83.3 Å². The molecule has 0 aromatic heterocycles. The molecule has 2 amide bonds. The molecule has 3 aromatic rings. The highest BCUT2D eigenvalue weighted by atomic mass is 32.2. The van der Waals surface area contributed by atoms with Gasteiger partial charge in [-0.05, 0) is 54.5 Å². The standard InChI is InChI=1S/C25H20N4O4S/c1-17-6-5-9-21(12-17)28-25(31)19(15-26)13-18-10-11-23(22(14-18)29(32)33)34-16-24(30)27-20-7-3-2-4-8-20/h2-14H,16H2,1H3,(H,27,30)(H,28,31)/b19-13+. The minimum atomic E-state index is -0.619. The van der Waals surface area contributed by atoms with Crippen molar-refractivity contribution in [3.05, 3.63) is 99.6 Å². The van der Waals surface area contributed by atoms with Crippen LogP contribution in [0.3, 0.4) is 0 Å². The third-order valence-electron chi connectivity index (χ3n) is 4.55. The van der Waals surface area contributed by atoms with E-state index in [0.717, 1.165) is 17.3 Å². The molecular weight excluding hydrogens is 452 g/mol. The highest BCUT2D eigenvalue weighted by Crippen LogP contribution is 2.31. The fraction of sp³-hybridized carbons (Fsp3) is 0.0800. The average molecular weight is 473 g/mol. The number of nitrogens with zero attached hydrogens (tertiary/aromatic N) is 2. The molecule has 34 heavy (non-hydrogen) atoms. The second kappa shape index (κ2) is 11.4. The molecule has 170 valence electrons. The molecule has 0 fully saturated rings. The maximum Gasteiger partial charge on any atom is 0.283 e. The van der Waals surface area contributed by atoms with Crippen LogP contribution >= 0.6 is 11.8 Å². The molecule has 0 unspecified atom stereocenters. The van der Waals surface area contributed by atoms with E-state index in [2.05, 4.69) is 10.6 Å². The number of thioether (sulfide) groups is 1. The first-order chi connectivity index (χ1) is 16.4. The first-order valence-electron chi connectivity index (χ1n) is 10.1. The fourth-order valence-electron chi connectivity index (χ4n) is 2.99. The van der Waals surface area contributed by atoms with E-state index in [4.69, 9.17) is 0 Å². The predicted molar refractivity (Wildman–Crippen MR) is 132 cm³/mol. The number of amides is 2. The van der Waals surface area contributed by atoms with Crippen molar-refractivity contribution in [3.63, 3.8) is 0 Å². The summed E-state index contributed by atoms with van der Waals surface area (Å²) in [6.45, 7) is 1.88. The van der Waals surface area contributed by atoms with Crippen LogP contribution in [0.2, 0.25) is 0 Å². The van der Waals surface area contributed by atoms with Crippen molar-refractivity contribution in [2.75, 3.05) is 16.4 Å². The Labute approximate surface area is 200 Å². The van der Waals surface area contributed by atoms with Gasteiger partial charge in [-0.3, -0.25) is 19.7 Å². The minimum absolute atomic E-state index is 0.0206. The number of anilines is 2. The molecule has 0 aliphatic heterocycles. The lowest BCUT2D eigenvalue weighted by atomic mass is 10.1. The Morgan fingerprint density at radius 2 is 1.76 bits per heavy atom. The smallest absolute Gasteiger partial charge is 0.283 e. The number of aryl methyl sites for hydroxylation is 1. The van der Waals surface area contributed by atoms with Crippen molar-refractivity contribution in [1.29, 1.82) is 5.26 Å². The van der Waals surface area contributed by atoms with Gasteiger partial charge >= 0.3 is 0 Å². The van der Waals surface area contributed by atoms with Gasteiger partial charge in [-0.15, -0.1) is 11.8 Å². The summed E-state index contributed by atoms with van der Waals surface area (Å²) in [6.07, 6.45) is 1.29. The molecule has 3 rings (SSSR count). The monoisotopic (exact) mass is 472 g/mol. The Hall–Kier alpha value is -4.42. The molecule has 0 aliphatic carbocycles. The van der Waals surface area contributed by atoms with Crippen molar-refractivity contribution in [1.82, 2.24) is 0 Å². The number of nitrogens with one attached hydrogen (secondary N) is 2. The Bertz CT molecular complexity index is 1300. The number of para-hydroxylation sites is 1. The summed E-state index contributed by atoms with van der Waals surface area (Å²) in [5.41, 5.74) is 2.02. The van der Waals surface area contributed by atoms with Gasteiger partial charge in [0, 0.05) is 17.4 Å². The first-order valence-corrected chi connectivity index (χ1v) is 11.1. The molecule has 0 radical (unpaired) electrons. The molecule has 0 saturated heterocycles. The molecule has 9 heteroatoms. The predicted octanol–water partition coefficient (Wildman–Crippen LogP) is 5.18. The Morgan fingerprint density at radius 1 is 1.03 bits per heavy atom. The summed E-state index contributed by atoms with van der Waals surface area (Å²) in [5, 5.41) is 26.4. The summed E-state index contributed by atoms with van der Waals surface area (Å²) in [5.74, 6) is -0.936. The molecule has 0 aliphatic rings. The summed E-state index contributed by atoms with van der Waals surface area (Å²) in [7, 11) is 0. The van der Waals surface area contributed by atoms with Crippen LogP contribution in [0, 0.1) is 28.4 Å². The molecule has 8 nitrogen and oxygen atoms in total. The second-order valence-corrected chi connectivity index (χ2v) is 8.20. The number of nitro groups is 1. The van der Waals surface area contributed by atoms with E-state index in [9.17, 15) is 25.0 Å². The number of carbonyl (C=O) groups excluding carboxylic acids is 2. The van der Waals surface area contributed by atoms with Crippen LogP contribution in [-0.2, 0) is 9.59 Å².